The molecule has 0 spiro atoms. The van der Waals surface area contributed by atoms with Crippen molar-refractivity contribution in [2.45, 2.75) is 18.9 Å². The number of benzene rings is 3. The summed E-state index contributed by atoms with van der Waals surface area (Å²) in [4.78, 5) is 10.5. The van der Waals surface area contributed by atoms with E-state index >= 15 is 0 Å². The average Bonchev–Trinajstić information content (AvgIpc) is 3.48. The second kappa shape index (κ2) is 6.88. The van der Waals surface area contributed by atoms with E-state index in [0.717, 1.165) is 29.8 Å². The van der Waals surface area contributed by atoms with Crippen LogP contribution in [0.3, 0.4) is 0 Å². The molecule has 0 unspecified atom stereocenters. The third-order valence-corrected chi connectivity index (χ3v) is 5.72. The molecule has 2 aromatic heterocycles. The average molecular weight is 393 g/mol. The molecule has 0 amide bonds. The predicted octanol–water partition coefficient (Wildman–Crippen LogP) is 5.27. The lowest BCUT2D eigenvalue weighted by Crippen LogP contribution is -2.09. The van der Waals surface area contributed by atoms with E-state index in [-0.39, 0.29) is 6.10 Å². The Morgan fingerprint density at radius 1 is 0.967 bits per heavy atom. The van der Waals surface area contributed by atoms with Crippen LogP contribution in [0.15, 0.2) is 88.8 Å². The normalized spacial score (nSPS) is 14.1. The Kier molecular flexibility index (Phi) is 3.91. The van der Waals surface area contributed by atoms with E-state index in [1.807, 2.05) is 22.7 Å². The number of fused-ring (bicyclic) bond motifs is 3. The van der Waals surface area contributed by atoms with E-state index in [1.165, 1.54) is 21.9 Å². The number of rotatable bonds is 4. The lowest BCUT2D eigenvalue weighted by molar-refractivity contribution is 0.0681. The molecule has 3 aromatic carbocycles. The molecule has 0 fully saturated rings. The minimum atomic E-state index is 0.0653. The van der Waals surface area contributed by atoms with E-state index in [9.17, 15) is 0 Å². The zero-order chi connectivity index (χ0) is 19.9. The van der Waals surface area contributed by atoms with Gasteiger partial charge in [0.25, 0.3) is 0 Å². The number of imidazole rings is 1. The van der Waals surface area contributed by atoms with Crippen LogP contribution in [-0.2, 0) is 17.7 Å². The Labute approximate surface area is 173 Å². The van der Waals surface area contributed by atoms with Gasteiger partial charge in [0.05, 0.1) is 11.9 Å². The summed E-state index contributed by atoms with van der Waals surface area (Å²) >= 11 is 0. The van der Waals surface area contributed by atoms with Gasteiger partial charge in [0.2, 0.25) is 0 Å². The first-order valence-corrected chi connectivity index (χ1v) is 10.1. The molecule has 0 bridgehead atoms. The van der Waals surface area contributed by atoms with Crippen molar-refractivity contribution < 1.29 is 9.25 Å². The van der Waals surface area contributed by atoms with Gasteiger partial charge >= 0.3 is 5.84 Å². The van der Waals surface area contributed by atoms with E-state index in [1.54, 1.807) is 12.5 Å². The van der Waals surface area contributed by atoms with Gasteiger partial charge < -0.3 is 9.25 Å². The van der Waals surface area contributed by atoms with Crippen molar-refractivity contribution in [1.82, 2.24) is 9.38 Å². The maximum Gasteiger partial charge on any atom is 0.306 e. The highest BCUT2D eigenvalue weighted by Gasteiger charge is 2.22. The molecule has 5 heteroatoms. The standard InChI is InChI=1S/C25H19N3O2/c1-2-6-18-13-21(10-9-17(18)5-1)24-23(28-11-12-29-25(28)27-24)16-26-30-22-14-19-7-3-4-8-20(19)15-22/h1-13,16,22H,14-15H2/b26-16+. The molecule has 0 saturated heterocycles. The molecule has 146 valence electrons. The molecule has 0 radical (unpaired) electrons. The first kappa shape index (κ1) is 17.0. The Hall–Kier alpha value is -3.86. The van der Waals surface area contributed by atoms with Crippen LogP contribution >= 0.6 is 0 Å². The van der Waals surface area contributed by atoms with Crippen LogP contribution < -0.4 is 0 Å². The second-order valence-electron chi connectivity index (χ2n) is 7.60. The number of aromatic nitrogens is 2. The molecule has 5 nitrogen and oxygen atoms in total. The minimum absolute atomic E-state index is 0.0653. The molecule has 1 aliphatic carbocycles. The van der Waals surface area contributed by atoms with Gasteiger partial charge in [-0.3, -0.25) is 4.40 Å². The molecule has 0 N–H and O–H groups in total. The van der Waals surface area contributed by atoms with Crippen LogP contribution in [0.4, 0.5) is 0 Å². The number of hydrogen-bond acceptors (Lipinski definition) is 4. The van der Waals surface area contributed by atoms with Gasteiger partial charge in [0.15, 0.2) is 0 Å². The monoisotopic (exact) mass is 393 g/mol. The highest BCUT2D eigenvalue weighted by Crippen LogP contribution is 2.28. The van der Waals surface area contributed by atoms with E-state index in [2.05, 4.69) is 64.7 Å². The fourth-order valence-electron chi connectivity index (χ4n) is 4.24. The Morgan fingerprint density at radius 3 is 2.57 bits per heavy atom. The highest BCUT2D eigenvalue weighted by atomic mass is 16.6. The molecule has 1 aliphatic rings. The molecule has 6 rings (SSSR count). The first-order chi connectivity index (χ1) is 14.8. The fraction of sp³-hybridized carbons (Fsp3) is 0.120. The number of nitrogens with zero attached hydrogens (tertiary/aromatic N) is 3. The predicted molar refractivity (Wildman–Crippen MR) is 117 cm³/mol. The van der Waals surface area contributed by atoms with Gasteiger partial charge in [0.1, 0.15) is 18.1 Å². The van der Waals surface area contributed by atoms with Crippen LogP contribution in [0, 0.1) is 0 Å². The van der Waals surface area contributed by atoms with E-state index in [4.69, 9.17) is 9.25 Å². The highest BCUT2D eigenvalue weighted by molar-refractivity contribution is 5.92. The minimum Gasteiger partial charge on any atom is -0.432 e. The van der Waals surface area contributed by atoms with Gasteiger partial charge in [-0.1, -0.05) is 65.8 Å². The summed E-state index contributed by atoms with van der Waals surface area (Å²) in [5, 5.41) is 6.70. The quantitative estimate of drug-likeness (QED) is 0.309. The van der Waals surface area contributed by atoms with Gasteiger partial charge in [-0.25, -0.2) is 0 Å². The Morgan fingerprint density at radius 2 is 1.73 bits per heavy atom. The van der Waals surface area contributed by atoms with Gasteiger partial charge in [-0.2, -0.15) is 4.98 Å². The molecule has 0 atom stereocenters. The smallest absolute Gasteiger partial charge is 0.306 e. The maximum atomic E-state index is 5.84. The van der Waals surface area contributed by atoms with Crippen molar-refractivity contribution in [2.75, 3.05) is 0 Å². The Bertz CT molecular complexity index is 1370. The first-order valence-electron chi connectivity index (χ1n) is 10.1. The van der Waals surface area contributed by atoms with E-state index < -0.39 is 0 Å². The summed E-state index contributed by atoms with van der Waals surface area (Å²) in [6, 6.07) is 23.1. The zero-order valence-electron chi connectivity index (χ0n) is 16.2. The lowest BCUT2D eigenvalue weighted by atomic mass is 10.0. The van der Waals surface area contributed by atoms with Gasteiger partial charge in [-0.15, -0.1) is 0 Å². The summed E-state index contributed by atoms with van der Waals surface area (Å²) in [7, 11) is 0. The van der Waals surface area contributed by atoms with Crippen LogP contribution in [0.25, 0.3) is 27.9 Å². The van der Waals surface area contributed by atoms with E-state index in [0.29, 0.717) is 5.84 Å². The third kappa shape index (κ3) is 2.87. The molecular weight excluding hydrogens is 374 g/mol. The summed E-state index contributed by atoms with van der Waals surface area (Å²) in [5.74, 6) is 0.535. The number of oxazole rings is 1. The van der Waals surface area contributed by atoms with Gasteiger partial charge in [-0.05, 0) is 28.0 Å². The third-order valence-electron chi connectivity index (χ3n) is 5.72. The fourth-order valence-corrected chi connectivity index (χ4v) is 4.24. The van der Waals surface area contributed by atoms with Crippen molar-refractivity contribution in [3.05, 3.63) is 96.0 Å². The van der Waals surface area contributed by atoms with Crippen LogP contribution in [0.2, 0.25) is 0 Å². The number of hydrogen-bond donors (Lipinski definition) is 0. The number of oxime groups is 1. The molecule has 0 aliphatic heterocycles. The van der Waals surface area contributed by atoms with Crippen molar-refractivity contribution in [3.8, 4) is 11.3 Å². The van der Waals surface area contributed by atoms with Crippen molar-refractivity contribution in [1.29, 1.82) is 0 Å². The van der Waals surface area contributed by atoms with Crippen LogP contribution in [0.5, 0.6) is 0 Å². The molecule has 30 heavy (non-hydrogen) atoms. The summed E-state index contributed by atoms with van der Waals surface area (Å²) in [6.07, 6.45) is 7.05. The lowest BCUT2D eigenvalue weighted by Gasteiger charge is -2.06. The van der Waals surface area contributed by atoms with Crippen LogP contribution in [0.1, 0.15) is 16.8 Å². The molecule has 2 heterocycles. The van der Waals surface area contributed by atoms with Crippen molar-refractivity contribution >= 4 is 22.8 Å². The van der Waals surface area contributed by atoms with Crippen molar-refractivity contribution in [2.24, 2.45) is 5.16 Å². The van der Waals surface area contributed by atoms with Crippen LogP contribution in [-0.4, -0.2) is 21.7 Å². The largest absolute Gasteiger partial charge is 0.432 e. The maximum absolute atomic E-state index is 5.84. The molecule has 0 saturated carbocycles. The zero-order valence-corrected chi connectivity index (χ0v) is 16.2. The molecule has 5 aromatic rings. The Balaban J connectivity index is 1.32. The van der Waals surface area contributed by atoms with Gasteiger partial charge in [0, 0.05) is 24.6 Å². The topological polar surface area (TPSA) is 52.0 Å². The summed E-state index contributed by atoms with van der Waals surface area (Å²) < 4.78 is 7.41. The summed E-state index contributed by atoms with van der Waals surface area (Å²) in [6.45, 7) is 0. The molecular formula is C25H19N3O2. The summed E-state index contributed by atoms with van der Waals surface area (Å²) in [5.41, 5.74) is 5.36. The van der Waals surface area contributed by atoms with Crippen molar-refractivity contribution in [3.63, 3.8) is 0 Å². The SMILES string of the molecule is C(=N\OC1Cc2ccccc2C1)/c1c(-c2ccc3ccccc3c2)nc2occn12. The second-order valence-corrected chi connectivity index (χ2v) is 7.60.